The van der Waals surface area contributed by atoms with E-state index >= 15 is 0 Å². The van der Waals surface area contributed by atoms with Gasteiger partial charge in [-0.3, -0.25) is 14.5 Å². The highest BCUT2D eigenvalue weighted by Gasteiger charge is 2.44. The van der Waals surface area contributed by atoms with Crippen molar-refractivity contribution in [2.45, 2.75) is 43.3 Å². The van der Waals surface area contributed by atoms with Gasteiger partial charge in [0.2, 0.25) is 27.8 Å². The molecule has 13 heteroatoms. The smallest absolute Gasteiger partial charge is 0.237 e. The van der Waals surface area contributed by atoms with Crippen molar-refractivity contribution in [3.63, 3.8) is 0 Å². The van der Waals surface area contributed by atoms with Crippen molar-refractivity contribution in [3.05, 3.63) is 48.7 Å². The second-order valence-corrected chi connectivity index (χ2v) is 11.5. The van der Waals surface area contributed by atoms with E-state index in [4.69, 9.17) is 4.74 Å². The molecule has 5 rings (SSSR count). The van der Waals surface area contributed by atoms with E-state index in [0.29, 0.717) is 68.5 Å². The Labute approximate surface area is 221 Å². The molecule has 1 amide bonds. The molecule has 2 N–H and O–H groups in total. The van der Waals surface area contributed by atoms with E-state index in [1.54, 1.807) is 36.8 Å². The highest BCUT2D eigenvalue weighted by molar-refractivity contribution is 7.93. The predicted molar refractivity (Wildman–Crippen MR) is 141 cm³/mol. The monoisotopic (exact) mass is 538 g/mol. The number of nitrogens with one attached hydrogen (secondary N) is 2. The Kier molecular flexibility index (Phi) is 7.21. The lowest BCUT2D eigenvalue weighted by Crippen LogP contribution is -2.49. The molecule has 12 nitrogen and oxygen atoms in total. The van der Waals surface area contributed by atoms with Crippen molar-refractivity contribution in [2.75, 3.05) is 36.8 Å². The second-order valence-electron chi connectivity index (χ2n) is 9.56. The lowest BCUT2D eigenvalue weighted by molar-refractivity contribution is -0.123. The number of likely N-dealkylation sites (tertiary alicyclic amines) is 1. The summed E-state index contributed by atoms with van der Waals surface area (Å²) in [5, 5.41) is 2.54. The van der Waals surface area contributed by atoms with Gasteiger partial charge < -0.3 is 15.0 Å². The van der Waals surface area contributed by atoms with Crippen LogP contribution in [0, 0.1) is 0 Å². The quantitative estimate of drug-likeness (QED) is 0.415. The Hall–Kier alpha value is -3.71. The number of piperidine rings is 1. The van der Waals surface area contributed by atoms with Gasteiger partial charge in [0.25, 0.3) is 0 Å². The number of rotatable bonds is 9. The number of amides is 1. The first-order valence-corrected chi connectivity index (χ1v) is 14.1. The van der Waals surface area contributed by atoms with Crippen molar-refractivity contribution < 1.29 is 17.9 Å². The summed E-state index contributed by atoms with van der Waals surface area (Å²) >= 11 is 0. The third-order valence-electron chi connectivity index (χ3n) is 6.82. The van der Waals surface area contributed by atoms with E-state index in [1.807, 2.05) is 14.0 Å². The average molecular weight is 539 g/mol. The number of carbonyl (C=O) groups is 1. The Bertz CT molecular complexity index is 1400. The van der Waals surface area contributed by atoms with Gasteiger partial charge in [0.05, 0.1) is 41.1 Å². The number of anilines is 2. The van der Waals surface area contributed by atoms with Crippen LogP contribution in [0.5, 0.6) is 5.88 Å². The Morgan fingerprint density at radius 1 is 1.11 bits per heavy atom. The number of sulfonamides is 1. The van der Waals surface area contributed by atoms with Gasteiger partial charge in [0, 0.05) is 18.0 Å². The second kappa shape index (κ2) is 10.6. The number of hydrogen-bond donors (Lipinski definition) is 2. The summed E-state index contributed by atoms with van der Waals surface area (Å²) in [5.41, 5.74) is 0.850. The number of carbonyl (C=O) groups excluding carboxylic acids is 1. The highest BCUT2D eigenvalue weighted by Crippen LogP contribution is 2.36. The third-order valence-corrected chi connectivity index (χ3v) is 8.64. The van der Waals surface area contributed by atoms with Gasteiger partial charge in [-0.2, -0.15) is 0 Å². The fourth-order valence-electron chi connectivity index (χ4n) is 4.42. The average Bonchev–Trinajstić information content (AvgIpc) is 3.77. The number of aromatic nitrogens is 5. The van der Waals surface area contributed by atoms with Gasteiger partial charge in [-0.1, -0.05) is 0 Å². The molecule has 0 bridgehead atoms. The zero-order chi connectivity index (χ0) is 26.8. The summed E-state index contributed by atoms with van der Waals surface area (Å²) in [6, 6.07) is 5.19. The Morgan fingerprint density at radius 3 is 2.58 bits per heavy atom. The fourth-order valence-corrected chi connectivity index (χ4v) is 5.70. The van der Waals surface area contributed by atoms with Crippen LogP contribution in [0.4, 0.5) is 11.8 Å². The van der Waals surface area contributed by atoms with Gasteiger partial charge in [-0.25, -0.2) is 28.4 Å². The summed E-state index contributed by atoms with van der Waals surface area (Å²) in [5.74, 6) is 0.543. The molecule has 1 aliphatic carbocycles. The van der Waals surface area contributed by atoms with E-state index in [9.17, 15) is 13.2 Å². The van der Waals surface area contributed by atoms with Crippen LogP contribution in [-0.2, 0) is 20.2 Å². The first-order chi connectivity index (χ1) is 18.3. The molecule has 1 saturated heterocycles. The van der Waals surface area contributed by atoms with E-state index in [2.05, 4.69) is 39.9 Å². The summed E-state index contributed by atoms with van der Waals surface area (Å²) in [4.78, 5) is 37.5. The van der Waals surface area contributed by atoms with Crippen molar-refractivity contribution in [1.82, 2.24) is 29.8 Å². The van der Waals surface area contributed by atoms with E-state index < -0.39 is 20.7 Å². The van der Waals surface area contributed by atoms with Crippen molar-refractivity contribution >= 4 is 27.7 Å². The molecule has 0 unspecified atom stereocenters. The SMILES string of the molecule is CCOc1cncc(-c2ccc(NC(=O)C3(c4ccnc(NS(=O)(=O)C5CC5)n4)CCN(C)CC3)nc2)n1. The van der Waals surface area contributed by atoms with Crippen LogP contribution in [-0.4, -0.2) is 76.1 Å². The molecule has 4 heterocycles. The summed E-state index contributed by atoms with van der Waals surface area (Å²) in [6.07, 6.45) is 8.56. The van der Waals surface area contributed by atoms with Crippen LogP contribution >= 0.6 is 0 Å². The molecule has 200 valence electrons. The van der Waals surface area contributed by atoms with E-state index in [-0.39, 0.29) is 11.9 Å². The van der Waals surface area contributed by atoms with Crippen LogP contribution in [0.25, 0.3) is 11.3 Å². The summed E-state index contributed by atoms with van der Waals surface area (Å²) in [6.45, 7) is 3.72. The normalized spacial score (nSPS) is 17.5. The Balaban J connectivity index is 1.37. The number of nitrogens with zero attached hydrogens (tertiary/aromatic N) is 6. The molecule has 1 saturated carbocycles. The first-order valence-electron chi connectivity index (χ1n) is 12.6. The molecule has 3 aromatic heterocycles. The molecule has 2 aliphatic rings. The van der Waals surface area contributed by atoms with Gasteiger partial charge >= 0.3 is 0 Å². The molecule has 1 aliphatic heterocycles. The van der Waals surface area contributed by atoms with Crippen molar-refractivity contribution in [2.24, 2.45) is 0 Å². The molecule has 2 fully saturated rings. The molecule has 0 spiro atoms. The van der Waals surface area contributed by atoms with Gasteiger partial charge in [0.1, 0.15) is 5.82 Å². The van der Waals surface area contributed by atoms with Gasteiger partial charge in [-0.15, -0.1) is 0 Å². The minimum absolute atomic E-state index is 0.0154. The molecule has 0 aromatic carbocycles. The number of ether oxygens (including phenoxy) is 1. The lowest BCUT2D eigenvalue weighted by Gasteiger charge is -2.38. The molecular weight excluding hydrogens is 508 g/mol. The van der Waals surface area contributed by atoms with Crippen LogP contribution in [0.3, 0.4) is 0 Å². The number of hydrogen-bond acceptors (Lipinski definition) is 10. The van der Waals surface area contributed by atoms with E-state index in [0.717, 1.165) is 5.56 Å². The minimum Gasteiger partial charge on any atom is -0.477 e. The maximum atomic E-state index is 13.8. The van der Waals surface area contributed by atoms with Crippen molar-refractivity contribution in [3.8, 4) is 17.1 Å². The summed E-state index contributed by atoms with van der Waals surface area (Å²) in [7, 11) is -1.53. The number of pyridine rings is 1. The van der Waals surface area contributed by atoms with Gasteiger partial charge in [0.15, 0.2) is 0 Å². The zero-order valence-electron chi connectivity index (χ0n) is 21.3. The zero-order valence-corrected chi connectivity index (χ0v) is 22.1. The highest BCUT2D eigenvalue weighted by atomic mass is 32.2. The minimum atomic E-state index is -3.53. The van der Waals surface area contributed by atoms with Gasteiger partial charge in [-0.05, 0) is 70.9 Å². The molecule has 38 heavy (non-hydrogen) atoms. The largest absolute Gasteiger partial charge is 0.477 e. The Morgan fingerprint density at radius 2 is 1.89 bits per heavy atom. The molecule has 3 aromatic rings. The fraction of sp³-hybridized carbons (Fsp3) is 0.440. The summed E-state index contributed by atoms with van der Waals surface area (Å²) < 4.78 is 32.8. The predicted octanol–water partition coefficient (Wildman–Crippen LogP) is 2.23. The standard InChI is InChI=1S/C25H30N8O4S/c1-3-37-22-16-26-15-19(29-22)17-4-7-21(28-14-17)31-23(34)25(9-12-33(2)13-10-25)20-8-11-27-24(30-20)32-38(35,36)18-5-6-18/h4,7-8,11,14-16,18H,3,5-6,9-10,12-13H2,1-2H3,(H,27,30,32)(H,28,31,34). The maximum Gasteiger partial charge on any atom is 0.237 e. The molecule has 0 atom stereocenters. The third kappa shape index (κ3) is 5.58. The van der Waals surface area contributed by atoms with Crippen LogP contribution in [0.2, 0.25) is 0 Å². The lowest BCUT2D eigenvalue weighted by atomic mass is 9.74. The topological polar surface area (TPSA) is 152 Å². The molecule has 0 radical (unpaired) electrons. The first kappa shape index (κ1) is 25.9. The maximum absolute atomic E-state index is 13.8. The molecular formula is C25H30N8O4S. The van der Waals surface area contributed by atoms with Crippen LogP contribution in [0.15, 0.2) is 43.0 Å². The van der Waals surface area contributed by atoms with Crippen molar-refractivity contribution in [1.29, 1.82) is 0 Å². The van der Waals surface area contributed by atoms with Crippen LogP contribution in [0.1, 0.15) is 38.3 Å². The van der Waals surface area contributed by atoms with Crippen LogP contribution < -0.4 is 14.8 Å². The van der Waals surface area contributed by atoms with E-state index in [1.165, 1.54) is 6.20 Å².